The molecule has 0 aromatic heterocycles. The predicted molar refractivity (Wildman–Crippen MR) is 126 cm³/mol. The fourth-order valence-electron chi connectivity index (χ4n) is 3.86. The number of carbonyl (C=O) groups is 1. The molecule has 0 unspecified atom stereocenters. The van der Waals surface area contributed by atoms with Crippen LogP contribution in [0.5, 0.6) is 0 Å². The summed E-state index contributed by atoms with van der Waals surface area (Å²) in [6.07, 6.45) is 2.82. The van der Waals surface area contributed by atoms with Crippen molar-refractivity contribution in [2.45, 2.75) is 38.4 Å². The summed E-state index contributed by atoms with van der Waals surface area (Å²) in [5, 5.41) is 3.69. The van der Waals surface area contributed by atoms with Gasteiger partial charge in [0.05, 0.1) is 5.75 Å². The van der Waals surface area contributed by atoms with E-state index in [1.807, 2.05) is 6.07 Å². The maximum absolute atomic E-state index is 12.8. The lowest BCUT2D eigenvalue weighted by molar-refractivity contribution is -0.126. The number of nitrogens with one attached hydrogen (secondary N) is 1. The number of nitrogens with zero attached hydrogens (tertiary/aromatic N) is 1. The normalized spacial score (nSPS) is 15.7. The van der Waals surface area contributed by atoms with Crippen LogP contribution in [-0.2, 0) is 27.0 Å². The van der Waals surface area contributed by atoms with Gasteiger partial charge in [-0.25, -0.2) is 12.7 Å². The second-order valence-electron chi connectivity index (χ2n) is 8.01. The molecule has 3 rings (SSSR count). The highest BCUT2D eigenvalue weighted by Crippen LogP contribution is 2.29. The van der Waals surface area contributed by atoms with Crippen molar-refractivity contribution in [3.05, 3.63) is 69.2 Å². The van der Waals surface area contributed by atoms with Crippen LogP contribution in [0, 0.1) is 12.8 Å². The number of sulfonamides is 1. The van der Waals surface area contributed by atoms with Gasteiger partial charge in [-0.05, 0) is 50.3 Å². The van der Waals surface area contributed by atoms with Gasteiger partial charge in [0.1, 0.15) is 0 Å². The van der Waals surface area contributed by atoms with E-state index in [-0.39, 0.29) is 17.6 Å². The van der Waals surface area contributed by atoms with Gasteiger partial charge in [0.25, 0.3) is 0 Å². The van der Waals surface area contributed by atoms with Gasteiger partial charge in [-0.1, -0.05) is 59.1 Å². The molecule has 0 bridgehead atoms. The lowest BCUT2D eigenvalue weighted by Crippen LogP contribution is -2.43. The van der Waals surface area contributed by atoms with E-state index in [9.17, 15) is 13.2 Å². The zero-order valence-corrected chi connectivity index (χ0v) is 19.9. The van der Waals surface area contributed by atoms with E-state index in [1.54, 1.807) is 18.2 Å². The number of benzene rings is 2. The Hall–Kier alpha value is -1.60. The van der Waals surface area contributed by atoms with Gasteiger partial charge in [0, 0.05) is 41.2 Å². The summed E-state index contributed by atoms with van der Waals surface area (Å²) in [6, 6.07) is 13.3. The van der Waals surface area contributed by atoms with Crippen LogP contribution in [0.15, 0.2) is 42.5 Å². The molecule has 1 aliphatic rings. The summed E-state index contributed by atoms with van der Waals surface area (Å²) in [7, 11) is -3.55. The molecule has 0 radical (unpaired) electrons. The summed E-state index contributed by atoms with van der Waals surface area (Å²) in [5.41, 5.74) is 2.92. The number of rotatable bonds is 8. The van der Waals surface area contributed by atoms with Crippen molar-refractivity contribution >= 4 is 39.1 Å². The van der Waals surface area contributed by atoms with Crippen LogP contribution in [0.4, 0.5) is 0 Å². The Morgan fingerprint density at radius 2 is 1.74 bits per heavy atom. The van der Waals surface area contributed by atoms with Gasteiger partial charge in [-0.15, -0.1) is 0 Å². The van der Waals surface area contributed by atoms with E-state index in [0.717, 1.165) is 12.8 Å². The Labute approximate surface area is 194 Å². The van der Waals surface area contributed by atoms with Crippen LogP contribution in [0.3, 0.4) is 0 Å². The maximum atomic E-state index is 12.8. The van der Waals surface area contributed by atoms with Crippen LogP contribution >= 0.6 is 23.2 Å². The molecule has 2 aromatic rings. The predicted octanol–water partition coefficient (Wildman–Crippen LogP) is 4.59. The van der Waals surface area contributed by atoms with Gasteiger partial charge >= 0.3 is 0 Å². The van der Waals surface area contributed by atoms with Gasteiger partial charge in [0.15, 0.2) is 0 Å². The van der Waals surface area contributed by atoms with E-state index in [0.29, 0.717) is 48.1 Å². The Balaban J connectivity index is 1.44. The lowest BCUT2D eigenvalue weighted by Gasteiger charge is -2.30. The van der Waals surface area contributed by atoms with Gasteiger partial charge < -0.3 is 5.32 Å². The molecular weight excluding hydrogens is 455 g/mol. The number of hydrogen-bond donors (Lipinski definition) is 1. The number of carbonyl (C=O) groups excluding carboxylic acids is 1. The molecule has 0 spiro atoms. The molecule has 1 heterocycles. The molecule has 1 amide bonds. The highest BCUT2D eigenvalue weighted by molar-refractivity contribution is 7.88. The number of piperidine rings is 1. The molecule has 5 nitrogen and oxygen atoms in total. The molecule has 1 fully saturated rings. The quantitative estimate of drug-likeness (QED) is 0.559. The molecule has 0 aliphatic carbocycles. The second-order valence-corrected chi connectivity index (χ2v) is 10.8. The fraction of sp³-hybridized carbons (Fsp3) is 0.435. The summed E-state index contributed by atoms with van der Waals surface area (Å²) in [4.78, 5) is 12.5. The van der Waals surface area contributed by atoms with Crippen LogP contribution < -0.4 is 5.32 Å². The number of amides is 1. The third-order valence-electron chi connectivity index (χ3n) is 5.63. The monoisotopic (exact) mass is 482 g/mol. The minimum absolute atomic E-state index is 0.00967. The number of aryl methyl sites for hydroxylation is 2. The van der Waals surface area contributed by atoms with E-state index in [4.69, 9.17) is 23.2 Å². The van der Waals surface area contributed by atoms with Crippen molar-refractivity contribution in [1.29, 1.82) is 0 Å². The van der Waals surface area contributed by atoms with Crippen LogP contribution in [0.25, 0.3) is 0 Å². The first-order valence-electron chi connectivity index (χ1n) is 10.5. The molecular formula is C23H28Cl2N2O3S. The van der Waals surface area contributed by atoms with Crippen molar-refractivity contribution in [1.82, 2.24) is 9.62 Å². The second kappa shape index (κ2) is 10.8. The third kappa shape index (κ3) is 6.69. The third-order valence-corrected chi connectivity index (χ3v) is 8.14. The van der Waals surface area contributed by atoms with Gasteiger partial charge in [-0.2, -0.15) is 0 Å². The standard InChI is InChI=1S/C23H28Cl2N2O3S/c1-17-5-2-6-18(15-17)7-4-12-26-23(28)19-10-13-27(14-11-19)31(29,30)16-20-21(24)8-3-9-22(20)25/h2-3,5-6,8-9,15,19H,4,7,10-14,16H2,1H3,(H,26,28). The number of hydrogen-bond acceptors (Lipinski definition) is 3. The highest BCUT2D eigenvalue weighted by Gasteiger charge is 2.31. The van der Waals surface area contributed by atoms with Crippen molar-refractivity contribution < 1.29 is 13.2 Å². The van der Waals surface area contributed by atoms with E-state index in [2.05, 4.69) is 30.4 Å². The average Bonchev–Trinajstić information content (AvgIpc) is 2.74. The van der Waals surface area contributed by atoms with Crippen molar-refractivity contribution in [2.24, 2.45) is 5.92 Å². The SMILES string of the molecule is Cc1cccc(CCCNC(=O)C2CCN(S(=O)(=O)Cc3c(Cl)cccc3Cl)CC2)c1. The summed E-state index contributed by atoms with van der Waals surface area (Å²) >= 11 is 12.3. The Bertz CT molecular complexity index is 999. The van der Waals surface area contributed by atoms with Crippen molar-refractivity contribution in [2.75, 3.05) is 19.6 Å². The number of halogens is 2. The highest BCUT2D eigenvalue weighted by atomic mass is 35.5. The minimum Gasteiger partial charge on any atom is -0.356 e. The zero-order chi connectivity index (χ0) is 22.4. The van der Waals surface area contributed by atoms with Gasteiger partial charge in [-0.3, -0.25) is 4.79 Å². The first-order chi connectivity index (χ1) is 14.8. The molecule has 1 aliphatic heterocycles. The van der Waals surface area contributed by atoms with Crippen LogP contribution in [-0.4, -0.2) is 38.3 Å². The minimum atomic E-state index is -3.55. The maximum Gasteiger partial charge on any atom is 0.223 e. The fourth-order valence-corrected chi connectivity index (χ4v) is 6.17. The Morgan fingerprint density at radius 3 is 2.39 bits per heavy atom. The van der Waals surface area contributed by atoms with Crippen LogP contribution in [0.2, 0.25) is 10.0 Å². The molecule has 0 atom stereocenters. The summed E-state index contributed by atoms with van der Waals surface area (Å²) in [6.45, 7) is 3.34. The van der Waals surface area contributed by atoms with E-state index in [1.165, 1.54) is 15.4 Å². The zero-order valence-electron chi connectivity index (χ0n) is 17.6. The first kappa shape index (κ1) is 24.1. The van der Waals surface area contributed by atoms with Crippen molar-refractivity contribution in [3.63, 3.8) is 0 Å². The molecule has 31 heavy (non-hydrogen) atoms. The molecule has 1 N–H and O–H groups in total. The topological polar surface area (TPSA) is 66.5 Å². The Morgan fingerprint density at radius 1 is 1.10 bits per heavy atom. The van der Waals surface area contributed by atoms with E-state index >= 15 is 0 Å². The van der Waals surface area contributed by atoms with Crippen molar-refractivity contribution in [3.8, 4) is 0 Å². The average molecular weight is 483 g/mol. The summed E-state index contributed by atoms with van der Waals surface area (Å²) < 4.78 is 27.1. The molecule has 1 saturated heterocycles. The Kier molecular flexibility index (Phi) is 8.39. The van der Waals surface area contributed by atoms with Crippen LogP contribution in [0.1, 0.15) is 36.0 Å². The first-order valence-corrected chi connectivity index (χ1v) is 12.9. The van der Waals surface area contributed by atoms with E-state index < -0.39 is 10.0 Å². The largest absolute Gasteiger partial charge is 0.356 e. The molecule has 168 valence electrons. The lowest BCUT2D eigenvalue weighted by atomic mass is 9.97. The van der Waals surface area contributed by atoms with Gasteiger partial charge in [0.2, 0.25) is 15.9 Å². The molecule has 2 aromatic carbocycles. The summed E-state index contributed by atoms with van der Waals surface area (Å²) in [5.74, 6) is -0.383. The smallest absolute Gasteiger partial charge is 0.223 e. The molecule has 0 saturated carbocycles. The molecule has 8 heteroatoms.